The van der Waals surface area contributed by atoms with Crippen molar-refractivity contribution in [1.82, 2.24) is 4.90 Å². The number of rotatable bonds is 7. The molecule has 2 aromatic rings. The van der Waals surface area contributed by atoms with Crippen LogP contribution < -0.4 is 14.8 Å². The molecule has 0 saturated heterocycles. The topological polar surface area (TPSA) is 89.5 Å². The van der Waals surface area contributed by atoms with E-state index in [2.05, 4.69) is 10.3 Å². The van der Waals surface area contributed by atoms with E-state index in [9.17, 15) is 14.0 Å². The molecule has 2 aromatic carbocycles. The van der Waals surface area contributed by atoms with Crippen molar-refractivity contribution < 1.29 is 28.2 Å². The molecule has 0 bridgehead atoms. The van der Waals surface area contributed by atoms with Gasteiger partial charge >= 0.3 is 5.97 Å². The number of halogens is 1. The van der Waals surface area contributed by atoms with Gasteiger partial charge in [0.05, 0.1) is 45.1 Å². The summed E-state index contributed by atoms with van der Waals surface area (Å²) in [7, 11) is 4.41. The Balaban J connectivity index is 1.71. The number of allylic oxidation sites excluding steroid dienone is 1. The Bertz CT molecular complexity index is 1260. The molecule has 0 fully saturated rings. The molecule has 0 unspecified atom stereocenters. The Morgan fingerprint density at radius 1 is 1.11 bits per heavy atom. The number of aliphatic imine (C=N–C) groups is 1. The molecule has 1 N–H and O–H groups in total. The lowest BCUT2D eigenvalue weighted by Crippen LogP contribution is -2.37. The molecule has 8 nitrogen and oxygen atoms in total. The molecule has 0 spiro atoms. The average molecular weight is 498 g/mol. The summed E-state index contributed by atoms with van der Waals surface area (Å²) in [6.45, 7) is 1.75. The van der Waals surface area contributed by atoms with Crippen molar-refractivity contribution in [3.05, 3.63) is 76.2 Å². The van der Waals surface area contributed by atoms with Crippen LogP contribution in [0.4, 0.5) is 10.1 Å². The summed E-state index contributed by atoms with van der Waals surface area (Å²) in [5, 5.41) is 5.23. The van der Waals surface area contributed by atoms with Gasteiger partial charge in [0.25, 0.3) is 0 Å². The summed E-state index contributed by atoms with van der Waals surface area (Å²) >= 11 is 1.36. The summed E-state index contributed by atoms with van der Waals surface area (Å²) in [5.41, 5.74) is 2.67. The second-order valence-corrected chi connectivity index (χ2v) is 8.56. The maximum atomic E-state index is 13.2. The number of fused-ring (bicyclic) bond motifs is 1. The van der Waals surface area contributed by atoms with Crippen LogP contribution in [0.15, 0.2) is 69.8 Å². The first-order valence-corrected chi connectivity index (χ1v) is 11.5. The van der Waals surface area contributed by atoms with Crippen molar-refractivity contribution in [2.45, 2.75) is 19.4 Å². The smallest absolute Gasteiger partial charge is 0.338 e. The summed E-state index contributed by atoms with van der Waals surface area (Å²) in [6.07, 6.45) is 0.00582. The number of thioether (sulfide) groups is 1. The predicted octanol–water partition coefficient (Wildman–Crippen LogP) is 4.62. The summed E-state index contributed by atoms with van der Waals surface area (Å²) in [6, 6.07) is 10.2. The molecule has 182 valence electrons. The molecule has 2 aliphatic rings. The van der Waals surface area contributed by atoms with Crippen LogP contribution >= 0.6 is 11.8 Å². The van der Waals surface area contributed by atoms with Crippen LogP contribution in [0, 0.1) is 5.82 Å². The minimum atomic E-state index is -0.643. The van der Waals surface area contributed by atoms with Crippen molar-refractivity contribution in [3.8, 4) is 11.5 Å². The van der Waals surface area contributed by atoms with E-state index in [-0.39, 0.29) is 18.1 Å². The highest BCUT2D eigenvalue weighted by Crippen LogP contribution is 2.47. The quantitative estimate of drug-likeness (QED) is 0.559. The molecule has 0 aliphatic carbocycles. The van der Waals surface area contributed by atoms with Crippen molar-refractivity contribution in [2.75, 3.05) is 26.6 Å². The largest absolute Gasteiger partial charge is 0.497 e. The number of nitrogens with zero attached hydrogens (tertiary/aromatic N) is 2. The molecular formula is C25H24FN3O5S. The van der Waals surface area contributed by atoms with Gasteiger partial charge in [0.2, 0.25) is 5.91 Å². The number of benzene rings is 2. The second kappa shape index (κ2) is 10.2. The first-order chi connectivity index (χ1) is 16.9. The number of carbonyl (C=O) groups is 2. The Hall–Kier alpha value is -3.79. The van der Waals surface area contributed by atoms with E-state index in [4.69, 9.17) is 14.2 Å². The summed E-state index contributed by atoms with van der Waals surface area (Å²) in [4.78, 5) is 32.2. The number of carbonyl (C=O) groups excluding carboxylic acids is 2. The van der Waals surface area contributed by atoms with Crippen molar-refractivity contribution in [2.24, 2.45) is 4.99 Å². The highest BCUT2D eigenvalue weighted by molar-refractivity contribution is 8.16. The lowest BCUT2D eigenvalue weighted by molar-refractivity contribution is -0.136. The van der Waals surface area contributed by atoms with Gasteiger partial charge in [0, 0.05) is 23.0 Å². The molecule has 35 heavy (non-hydrogen) atoms. The number of nitrogens with one attached hydrogen (secondary N) is 1. The van der Waals surface area contributed by atoms with Gasteiger partial charge in [-0.3, -0.25) is 4.79 Å². The molecule has 10 heteroatoms. The van der Waals surface area contributed by atoms with Gasteiger partial charge in [-0.15, -0.1) is 0 Å². The van der Waals surface area contributed by atoms with E-state index in [0.29, 0.717) is 44.9 Å². The molecular weight excluding hydrogens is 473 g/mol. The van der Waals surface area contributed by atoms with Gasteiger partial charge in [-0.2, -0.15) is 0 Å². The van der Waals surface area contributed by atoms with Crippen LogP contribution in [0.3, 0.4) is 0 Å². The Kier molecular flexibility index (Phi) is 7.11. The number of amidine groups is 1. The highest BCUT2D eigenvalue weighted by atomic mass is 32.2. The third-order valence-corrected chi connectivity index (χ3v) is 6.50. The lowest BCUT2D eigenvalue weighted by Gasteiger charge is -2.36. The van der Waals surface area contributed by atoms with Gasteiger partial charge in [-0.25, -0.2) is 14.2 Å². The Morgan fingerprint density at radius 3 is 2.51 bits per heavy atom. The molecule has 2 heterocycles. The van der Waals surface area contributed by atoms with Gasteiger partial charge in [-0.05, 0) is 48.7 Å². The lowest BCUT2D eigenvalue weighted by atomic mass is 9.93. The number of anilines is 1. The summed E-state index contributed by atoms with van der Waals surface area (Å²) < 4.78 is 29.3. The van der Waals surface area contributed by atoms with E-state index < -0.39 is 12.0 Å². The molecule has 1 amide bonds. The Labute approximate surface area is 206 Å². The normalized spacial score (nSPS) is 16.8. The molecule has 1 atom stereocenters. The number of methoxy groups -OCH3 is 3. The van der Waals surface area contributed by atoms with E-state index in [0.717, 1.165) is 0 Å². The highest BCUT2D eigenvalue weighted by Gasteiger charge is 2.42. The molecule has 4 rings (SSSR count). The monoisotopic (exact) mass is 497 g/mol. The van der Waals surface area contributed by atoms with Crippen LogP contribution in [0.5, 0.6) is 11.5 Å². The van der Waals surface area contributed by atoms with Gasteiger partial charge in [-0.1, -0.05) is 11.8 Å². The maximum absolute atomic E-state index is 13.2. The van der Waals surface area contributed by atoms with Crippen molar-refractivity contribution in [3.63, 3.8) is 0 Å². The van der Waals surface area contributed by atoms with E-state index in [1.165, 1.54) is 50.2 Å². The zero-order valence-electron chi connectivity index (χ0n) is 19.6. The van der Waals surface area contributed by atoms with Crippen molar-refractivity contribution in [1.29, 1.82) is 0 Å². The number of amides is 1. The number of hydrogen-bond acceptors (Lipinski definition) is 8. The molecule has 0 saturated carbocycles. The number of hydrogen-bond donors (Lipinski definition) is 1. The third-order valence-electron chi connectivity index (χ3n) is 5.61. The fraction of sp³-hybridized carbons (Fsp3) is 0.240. The molecule has 0 aromatic heterocycles. The summed E-state index contributed by atoms with van der Waals surface area (Å²) in [5.74, 6) is -0.102. The van der Waals surface area contributed by atoms with Gasteiger partial charge in [0.15, 0.2) is 5.17 Å². The zero-order valence-corrected chi connectivity index (χ0v) is 20.4. The first kappa shape index (κ1) is 24.3. The number of esters is 1. The van der Waals surface area contributed by atoms with Crippen LogP contribution in [0.1, 0.15) is 24.9 Å². The van der Waals surface area contributed by atoms with E-state index >= 15 is 0 Å². The van der Waals surface area contributed by atoms with Crippen molar-refractivity contribution >= 4 is 34.5 Å². The van der Waals surface area contributed by atoms with Gasteiger partial charge < -0.3 is 24.4 Å². The average Bonchev–Trinajstić information content (AvgIpc) is 3.25. The second-order valence-electron chi connectivity index (χ2n) is 7.72. The van der Waals surface area contributed by atoms with Crippen LogP contribution in [-0.4, -0.2) is 43.3 Å². The molecule has 2 aliphatic heterocycles. The standard InChI is InChI=1S/C25H24FN3O5S/c1-14-22(24(31)34-4)23(19-10-9-18(32-2)12-20(19)33-3)29-17(13-35-25(29)27-14)11-21(30)28-16-7-5-15(26)6-8-16/h5-10,12-13,23H,11H2,1-4H3,(H,28,30)/t23-/m0/s1. The van der Waals surface area contributed by atoms with Gasteiger partial charge in [0.1, 0.15) is 17.3 Å². The van der Waals surface area contributed by atoms with E-state index in [1.807, 2.05) is 16.4 Å². The minimum Gasteiger partial charge on any atom is -0.497 e. The zero-order chi connectivity index (χ0) is 25.1. The number of ether oxygens (including phenoxy) is 3. The van der Waals surface area contributed by atoms with Crippen LogP contribution in [0.2, 0.25) is 0 Å². The predicted molar refractivity (Wildman–Crippen MR) is 132 cm³/mol. The Morgan fingerprint density at radius 2 is 1.86 bits per heavy atom. The van der Waals surface area contributed by atoms with Crippen LogP contribution in [-0.2, 0) is 14.3 Å². The third kappa shape index (κ3) is 4.88. The molecule has 0 radical (unpaired) electrons. The fourth-order valence-electron chi connectivity index (χ4n) is 3.98. The minimum absolute atomic E-state index is 0.00582. The first-order valence-electron chi connectivity index (χ1n) is 10.7. The fourth-order valence-corrected chi connectivity index (χ4v) is 4.95. The SMILES string of the molecule is COC(=O)C1=C(C)N=C2SC=C(CC(=O)Nc3ccc(F)cc3)N2[C@H]1c1ccc(OC)cc1OC. The van der Waals surface area contributed by atoms with E-state index in [1.54, 1.807) is 26.2 Å². The maximum Gasteiger partial charge on any atom is 0.338 e. The van der Waals surface area contributed by atoms with Crippen LogP contribution in [0.25, 0.3) is 0 Å².